The second-order valence-electron chi connectivity index (χ2n) is 6.98. The maximum atomic E-state index is 13.1. The van der Waals surface area contributed by atoms with Crippen LogP contribution in [-0.2, 0) is 9.53 Å². The molecule has 6 heteroatoms. The Balaban J connectivity index is 1.67. The third kappa shape index (κ3) is 2.74. The highest BCUT2D eigenvalue weighted by Crippen LogP contribution is 2.47. The molecule has 0 aromatic heterocycles. The number of anilines is 1. The molecule has 3 heterocycles. The number of hydrogen-bond acceptors (Lipinski definition) is 4. The second-order valence-corrected chi connectivity index (χ2v) is 7.90. The number of benzene rings is 1. The van der Waals surface area contributed by atoms with Crippen molar-refractivity contribution in [2.75, 3.05) is 31.7 Å². The summed E-state index contributed by atoms with van der Waals surface area (Å²) in [4.78, 5) is 15.2. The van der Waals surface area contributed by atoms with Crippen molar-refractivity contribution in [3.8, 4) is 0 Å². The number of amides is 1. The van der Waals surface area contributed by atoms with Gasteiger partial charge in [0.1, 0.15) is 0 Å². The summed E-state index contributed by atoms with van der Waals surface area (Å²) in [5.41, 5.74) is 2.20. The van der Waals surface area contributed by atoms with Crippen LogP contribution in [0.2, 0.25) is 0 Å². The standard InChI is InChI=1S/C18H23BrN2O3/c19-12-1-2-15-14(9-12)17-13(16(10-22)20-15)3-6-21(17)18(23)11-4-7-24-8-5-11/h1-2,9,11,13,16-17,20,22H,3-8,10H2/t13-,16-,17-/m0/s1. The van der Waals surface area contributed by atoms with E-state index >= 15 is 0 Å². The minimum atomic E-state index is 0.0103. The van der Waals surface area contributed by atoms with Crippen LogP contribution in [0, 0.1) is 11.8 Å². The fourth-order valence-electron chi connectivity index (χ4n) is 4.46. The highest BCUT2D eigenvalue weighted by atomic mass is 79.9. The number of fused-ring (bicyclic) bond motifs is 3. The molecule has 1 amide bonds. The van der Waals surface area contributed by atoms with E-state index < -0.39 is 0 Å². The maximum Gasteiger partial charge on any atom is 0.226 e. The van der Waals surface area contributed by atoms with Crippen LogP contribution in [0.5, 0.6) is 0 Å². The molecule has 3 aliphatic heterocycles. The molecular weight excluding hydrogens is 372 g/mol. The van der Waals surface area contributed by atoms with Crippen LogP contribution in [0.15, 0.2) is 22.7 Å². The number of hydrogen-bond donors (Lipinski definition) is 2. The number of nitrogens with zero attached hydrogens (tertiary/aromatic N) is 1. The van der Waals surface area contributed by atoms with Crippen molar-refractivity contribution in [1.29, 1.82) is 0 Å². The van der Waals surface area contributed by atoms with Crippen LogP contribution in [0.25, 0.3) is 0 Å². The smallest absolute Gasteiger partial charge is 0.226 e. The van der Waals surface area contributed by atoms with Crippen molar-refractivity contribution in [3.63, 3.8) is 0 Å². The van der Waals surface area contributed by atoms with Crippen molar-refractivity contribution in [2.45, 2.75) is 31.3 Å². The van der Waals surface area contributed by atoms with Crippen LogP contribution in [-0.4, -0.2) is 48.3 Å². The normalized spacial score (nSPS) is 29.8. The predicted octanol–water partition coefficient (Wildman–Crippen LogP) is 2.55. The van der Waals surface area contributed by atoms with E-state index in [4.69, 9.17) is 4.74 Å². The van der Waals surface area contributed by atoms with Crippen molar-refractivity contribution in [1.82, 2.24) is 4.90 Å². The van der Waals surface area contributed by atoms with E-state index in [2.05, 4.69) is 32.2 Å². The molecule has 0 unspecified atom stereocenters. The van der Waals surface area contributed by atoms with E-state index in [0.717, 1.165) is 41.5 Å². The molecule has 4 rings (SSSR count). The number of aliphatic hydroxyl groups excluding tert-OH is 1. The number of rotatable bonds is 2. The Kier molecular flexibility index (Phi) is 4.54. The predicted molar refractivity (Wildman–Crippen MR) is 94.7 cm³/mol. The van der Waals surface area contributed by atoms with Gasteiger partial charge in [0, 0.05) is 41.8 Å². The van der Waals surface area contributed by atoms with E-state index in [9.17, 15) is 9.90 Å². The number of likely N-dealkylation sites (tertiary alicyclic amines) is 1. The average molecular weight is 395 g/mol. The highest BCUT2D eigenvalue weighted by molar-refractivity contribution is 9.10. The Bertz CT molecular complexity index is 633. The van der Waals surface area contributed by atoms with E-state index in [0.29, 0.717) is 13.2 Å². The molecule has 3 atom stereocenters. The van der Waals surface area contributed by atoms with Gasteiger partial charge in [-0.3, -0.25) is 4.79 Å². The molecule has 2 N–H and O–H groups in total. The third-order valence-corrected chi connectivity index (χ3v) is 6.18. The summed E-state index contributed by atoms with van der Waals surface area (Å²) in [6.45, 7) is 2.23. The Morgan fingerprint density at radius 2 is 2.12 bits per heavy atom. The molecule has 0 bridgehead atoms. The first kappa shape index (κ1) is 16.4. The number of aliphatic hydroxyl groups is 1. The minimum Gasteiger partial charge on any atom is -0.394 e. The average Bonchev–Trinajstić information content (AvgIpc) is 3.06. The summed E-state index contributed by atoms with van der Waals surface area (Å²) in [7, 11) is 0. The molecule has 0 radical (unpaired) electrons. The van der Waals surface area contributed by atoms with E-state index in [1.54, 1.807) is 0 Å². The molecule has 130 valence electrons. The molecule has 3 aliphatic rings. The molecular formula is C18H23BrN2O3. The lowest BCUT2D eigenvalue weighted by atomic mass is 9.83. The summed E-state index contributed by atoms with van der Waals surface area (Å²) in [6.07, 6.45) is 2.57. The molecule has 1 aromatic rings. The Morgan fingerprint density at radius 1 is 1.33 bits per heavy atom. The molecule has 2 saturated heterocycles. The number of carbonyl (C=O) groups excluding carboxylic acids is 1. The van der Waals surface area contributed by atoms with E-state index in [-0.39, 0.29) is 36.4 Å². The Labute approximate surface area is 150 Å². The first-order chi connectivity index (χ1) is 11.7. The van der Waals surface area contributed by atoms with Gasteiger partial charge in [0.05, 0.1) is 18.7 Å². The summed E-state index contributed by atoms with van der Waals surface area (Å²) in [6, 6.07) is 6.22. The van der Waals surface area contributed by atoms with Crippen LogP contribution in [0.1, 0.15) is 30.9 Å². The van der Waals surface area contributed by atoms with Gasteiger partial charge in [0.25, 0.3) is 0 Å². The van der Waals surface area contributed by atoms with Crippen molar-refractivity contribution in [2.24, 2.45) is 11.8 Å². The maximum absolute atomic E-state index is 13.1. The van der Waals surface area contributed by atoms with Crippen molar-refractivity contribution in [3.05, 3.63) is 28.2 Å². The SMILES string of the molecule is O=C(C1CCOCC1)N1CC[C@H]2[C@H](CO)Nc3ccc(Br)cc3[C@H]21. The van der Waals surface area contributed by atoms with Crippen molar-refractivity contribution >= 4 is 27.5 Å². The van der Waals surface area contributed by atoms with Gasteiger partial charge < -0.3 is 20.1 Å². The van der Waals surface area contributed by atoms with E-state index in [1.165, 1.54) is 0 Å². The number of nitrogens with one attached hydrogen (secondary N) is 1. The van der Waals surface area contributed by atoms with Gasteiger partial charge in [-0.15, -0.1) is 0 Å². The fraction of sp³-hybridized carbons (Fsp3) is 0.611. The Hall–Kier alpha value is -1.11. The first-order valence-electron chi connectivity index (χ1n) is 8.74. The van der Waals surface area contributed by atoms with Gasteiger partial charge in [0.15, 0.2) is 0 Å². The summed E-state index contributed by atoms with van der Waals surface area (Å²) < 4.78 is 6.43. The summed E-state index contributed by atoms with van der Waals surface area (Å²) >= 11 is 3.56. The quantitative estimate of drug-likeness (QED) is 0.808. The lowest BCUT2D eigenvalue weighted by Gasteiger charge is -2.40. The zero-order valence-corrected chi connectivity index (χ0v) is 15.2. The molecule has 1 aromatic carbocycles. The number of halogens is 1. The van der Waals surface area contributed by atoms with E-state index in [1.807, 2.05) is 12.1 Å². The largest absolute Gasteiger partial charge is 0.394 e. The van der Waals surface area contributed by atoms with Crippen LogP contribution >= 0.6 is 15.9 Å². The highest BCUT2D eigenvalue weighted by Gasteiger charge is 2.46. The van der Waals surface area contributed by atoms with Crippen LogP contribution < -0.4 is 5.32 Å². The first-order valence-corrected chi connectivity index (χ1v) is 9.53. The van der Waals surface area contributed by atoms with Crippen molar-refractivity contribution < 1.29 is 14.6 Å². The Morgan fingerprint density at radius 3 is 2.88 bits per heavy atom. The molecule has 0 aliphatic carbocycles. The van der Waals surface area contributed by atoms with Gasteiger partial charge >= 0.3 is 0 Å². The third-order valence-electron chi connectivity index (χ3n) is 5.68. The molecule has 5 nitrogen and oxygen atoms in total. The topological polar surface area (TPSA) is 61.8 Å². The molecule has 0 spiro atoms. The second kappa shape index (κ2) is 6.65. The number of ether oxygens (including phenoxy) is 1. The van der Waals surface area contributed by atoms with Gasteiger partial charge in [-0.25, -0.2) is 0 Å². The van der Waals surface area contributed by atoms with Crippen LogP contribution in [0.4, 0.5) is 5.69 Å². The summed E-state index contributed by atoms with van der Waals surface area (Å²) in [5.74, 6) is 0.603. The minimum absolute atomic E-state index is 0.0103. The number of carbonyl (C=O) groups is 1. The fourth-order valence-corrected chi connectivity index (χ4v) is 4.84. The zero-order valence-electron chi connectivity index (χ0n) is 13.6. The van der Waals surface area contributed by atoms with Gasteiger partial charge in [0.2, 0.25) is 5.91 Å². The van der Waals surface area contributed by atoms with Gasteiger partial charge in [-0.05, 0) is 43.0 Å². The monoisotopic (exact) mass is 394 g/mol. The van der Waals surface area contributed by atoms with Crippen LogP contribution in [0.3, 0.4) is 0 Å². The van der Waals surface area contributed by atoms with Gasteiger partial charge in [-0.1, -0.05) is 15.9 Å². The summed E-state index contributed by atoms with van der Waals surface area (Å²) in [5, 5.41) is 13.3. The molecule has 0 saturated carbocycles. The zero-order chi connectivity index (χ0) is 16.7. The molecule has 2 fully saturated rings. The molecule has 24 heavy (non-hydrogen) atoms. The lowest BCUT2D eigenvalue weighted by Crippen LogP contribution is -2.44. The lowest BCUT2D eigenvalue weighted by molar-refractivity contribution is -0.140. The van der Waals surface area contributed by atoms with Gasteiger partial charge in [-0.2, -0.15) is 0 Å².